The van der Waals surface area contributed by atoms with Crippen molar-refractivity contribution in [1.82, 2.24) is 14.5 Å². The number of benzene rings is 1. The van der Waals surface area contributed by atoms with Gasteiger partial charge in [0.15, 0.2) is 0 Å². The quantitative estimate of drug-likeness (QED) is 0.515. The van der Waals surface area contributed by atoms with Crippen molar-refractivity contribution in [3.8, 4) is 11.6 Å². The van der Waals surface area contributed by atoms with Crippen LogP contribution >= 0.6 is 11.6 Å². The number of halogens is 5. The smallest absolute Gasteiger partial charge is 0.417 e. The monoisotopic (exact) mass is 415 g/mol. The molecular formula is C18H14ClF4N3O2. The number of imidazole rings is 1. The van der Waals surface area contributed by atoms with Crippen molar-refractivity contribution in [2.75, 3.05) is 7.11 Å². The van der Waals surface area contributed by atoms with Crippen LogP contribution in [0.4, 0.5) is 17.6 Å². The van der Waals surface area contributed by atoms with Gasteiger partial charge in [-0.25, -0.2) is 9.97 Å². The van der Waals surface area contributed by atoms with E-state index in [-0.39, 0.29) is 23.7 Å². The van der Waals surface area contributed by atoms with E-state index in [1.165, 1.54) is 37.7 Å². The van der Waals surface area contributed by atoms with Crippen LogP contribution in [0.3, 0.4) is 0 Å². The molecule has 0 fully saturated rings. The molecule has 0 N–H and O–H groups in total. The molecule has 3 aromatic rings. The van der Waals surface area contributed by atoms with Crippen LogP contribution in [0.1, 0.15) is 17.2 Å². The third kappa shape index (κ3) is 4.60. The molecule has 2 aromatic heterocycles. The Kier molecular flexibility index (Phi) is 5.85. The summed E-state index contributed by atoms with van der Waals surface area (Å²) in [4.78, 5) is 7.54. The molecule has 5 nitrogen and oxygen atoms in total. The van der Waals surface area contributed by atoms with Gasteiger partial charge in [-0.3, -0.25) is 0 Å². The molecular weight excluding hydrogens is 402 g/mol. The zero-order chi connectivity index (χ0) is 20.3. The van der Waals surface area contributed by atoms with E-state index in [0.29, 0.717) is 5.02 Å². The highest BCUT2D eigenvalue weighted by Crippen LogP contribution is 2.38. The lowest BCUT2D eigenvalue weighted by atomic mass is 10.0. The highest BCUT2D eigenvalue weighted by molar-refractivity contribution is 6.30. The van der Waals surface area contributed by atoms with Gasteiger partial charge in [0.05, 0.1) is 24.6 Å². The van der Waals surface area contributed by atoms with E-state index in [2.05, 4.69) is 9.97 Å². The number of hydrogen-bond acceptors (Lipinski definition) is 4. The fraction of sp³-hybridized carbons (Fsp3) is 0.222. The van der Waals surface area contributed by atoms with E-state index in [1.54, 1.807) is 0 Å². The summed E-state index contributed by atoms with van der Waals surface area (Å²) >= 11 is 5.77. The van der Waals surface area contributed by atoms with Gasteiger partial charge < -0.3 is 14.0 Å². The lowest BCUT2D eigenvalue weighted by Crippen LogP contribution is -2.18. The highest BCUT2D eigenvalue weighted by atomic mass is 35.5. The number of hydrogen-bond donors (Lipinski definition) is 0. The van der Waals surface area contributed by atoms with Crippen molar-refractivity contribution in [3.63, 3.8) is 0 Å². The minimum absolute atomic E-state index is 0.204. The Morgan fingerprint density at radius 3 is 2.46 bits per heavy atom. The maximum absolute atomic E-state index is 13.6. The van der Waals surface area contributed by atoms with Crippen LogP contribution in [0.15, 0.2) is 49.1 Å². The zero-order valence-electron chi connectivity index (χ0n) is 14.5. The van der Waals surface area contributed by atoms with E-state index in [4.69, 9.17) is 21.1 Å². The molecule has 148 valence electrons. The van der Waals surface area contributed by atoms with Gasteiger partial charge in [-0.2, -0.15) is 17.6 Å². The van der Waals surface area contributed by atoms with E-state index in [1.807, 2.05) is 0 Å². The second kappa shape index (κ2) is 8.15. The topological polar surface area (TPSA) is 49.2 Å². The molecule has 3 rings (SSSR count). The van der Waals surface area contributed by atoms with Crippen LogP contribution in [0.5, 0.6) is 11.6 Å². The third-order valence-electron chi connectivity index (χ3n) is 3.91. The number of ether oxygens (including phenoxy) is 2. The number of alkyl halides is 3. The minimum atomic E-state index is -4.69. The lowest BCUT2D eigenvalue weighted by molar-refractivity contribution is -0.139. The van der Waals surface area contributed by atoms with Crippen LogP contribution in [-0.2, 0) is 17.5 Å². The summed E-state index contributed by atoms with van der Waals surface area (Å²) in [5.74, 6) is -0.658. The third-order valence-corrected chi connectivity index (χ3v) is 4.16. The Morgan fingerprint density at radius 1 is 1.18 bits per heavy atom. The Labute approximate surface area is 162 Å². The van der Waals surface area contributed by atoms with Crippen molar-refractivity contribution in [2.24, 2.45) is 0 Å². The molecule has 2 heterocycles. The van der Waals surface area contributed by atoms with Crippen LogP contribution in [-0.4, -0.2) is 21.6 Å². The molecule has 0 bridgehead atoms. The van der Waals surface area contributed by atoms with E-state index < -0.39 is 23.8 Å². The average molecular weight is 416 g/mol. The molecule has 1 unspecified atom stereocenters. The first-order chi connectivity index (χ1) is 13.3. The molecule has 0 radical (unpaired) electrons. The second-order valence-electron chi connectivity index (χ2n) is 5.76. The van der Waals surface area contributed by atoms with Gasteiger partial charge in [0.1, 0.15) is 11.9 Å². The summed E-state index contributed by atoms with van der Waals surface area (Å²) in [5, 5.41) is 0.460. The maximum atomic E-state index is 13.6. The van der Waals surface area contributed by atoms with Crippen LogP contribution in [0, 0.1) is 5.95 Å². The summed E-state index contributed by atoms with van der Waals surface area (Å²) in [6, 6.07) is 6.86. The summed E-state index contributed by atoms with van der Waals surface area (Å²) in [5.41, 5.74) is -1.23. The predicted octanol–water partition coefficient (Wildman–Crippen LogP) is 5.27. The van der Waals surface area contributed by atoms with Gasteiger partial charge in [0.25, 0.3) is 0 Å². The molecule has 0 aliphatic rings. The molecule has 0 aliphatic heterocycles. The van der Waals surface area contributed by atoms with E-state index in [0.717, 1.165) is 23.0 Å². The normalized spacial score (nSPS) is 12.8. The predicted molar refractivity (Wildman–Crippen MR) is 92.7 cm³/mol. The van der Waals surface area contributed by atoms with Crippen molar-refractivity contribution in [1.29, 1.82) is 0 Å². The van der Waals surface area contributed by atoms with Crippen LogP contribution in [0.25, 0.3) is 0 Å². The van der Waals surface area contributed by atoms with Crippen molar-refractivity contribution >= 4 is 11.6 Å². The Bertz CT molecular complexity index is 945. The Hall–Kier alpha value is -2.65. The lowest BCUT2D eigenvalue weighted by Gasteiger charge is -2.21. The van der Waals surface area contributed by atoms with Gasteiger partial charge >= 0.3 is 6.18 Å². The van der Waals surface area contributed by atoms with Crippen LogP contribution < -0.4 is 4.74 Å². The molecule has 0 spiro atoms. The van der Waals surface area contributed by atoms with Crippen molar-refractivity contribution < 1.29 is 27.0 Å². The number of aromatic nitrogens is 3. The number of nitrogens with zero attached hydrogens (tertiary/aromatic N) is 3. The number of rotatable bonds is 6. The van der Waals surface area contributed by atoms with Gasteiger partial charge in [-0.05, 0) is 24.3 Å². The first-order valence-corrected chi connectivity index (χ1v) is 8.34. The fourth-order valence-electron chi connectivity index (χ4n) is 2.55. The van der Waals surface area contributed by atoms with Crippen LogP contribution in [0.2, 0.25) is 5.02 Å². The van der Waals surface area contributed by atoms with Gasteiger partial charge in [0, 0.05) is 30.0 Å². The molecule has 0 saturated carbocycles. The zero-order valence-corrected chi connectivity index (χ0v) is 15.2. The Balaban J connectivity index is 1.93. The maximum Gasteiger partial charge on any atom is 0.417 e. The molecule has 1 atom stereocenters. The second-order valence-corrected chi connectivity index (χ2v) is 6.19. The summed E-state index contributed by atoms with van der Waals surface area (Å²) in [6.45, 7) is -0.204. The van der Waals surface area contributed by atoms with Gasteiger partial charge in [0.2, 0.25) is 11.8 Å². The summed E-state index contributed by atoms with van der Waals surface area (Å²) in [6.07, 6.45) is -2.66. The van der Waals surface area contributed by atoms with Crippen molar-refractivity contribution in [2.45, 2.75) is 18.8 Å². The van der Waals surface area contributed by atoms with Gasteiger partial charge in [-0.1, -0.05) is 11.6 Å². The average Bonchev–Trinajstić information content (AvgIpc) is 3.06. The minimum Gasteiger partial charge on any atom is -0.439 e. The SMILES string of the molecule is COC(Cn1cncc1F)c1cnc(Oc2ccc(Cl)cc2)cc1C(F)(F)F. The van der Waals surface area contributed by atoms with E-state index >= 15 is 0 Å². The first kappa shape index (κ1) is 20.1. The van der Waals surface area contributed by atoms with Crippen molar-refractivity contribution in [3.05, 3.63) is 71.2 Å². The standard InChI is InChI=1S/C18H14ClF4N3O2/c1-27-15(9-26-10-24-8-16(26)20)13-7-25-17(6-14(13)18(21,22)23)28-12-4-2-11(19)3-5-12/h2-8,10,15H,9H2,1H3. The summed E-state index contributed by atoms with van der Waals surface area (Å²) in [7, 11) is 1.23. The molecule has 28 heavy (non-hydrogen) atoms. The molecule has 1 aromatic carbocycles. The van der Waals surface area contributed by atoms with E-state index in [9.17, 15) is 17.6 Å². The first-order valence-electron chi connectivity index (χ1n) is 7.97. The fourth-order valence-corrected chi connectivity index (χ4v) is 2.67. The molecule has 0 amide bonds. The molecule has 10 heteroatoms. The number of methoxy groups -OCH3 is 1. The van der Waals surface area contributed by atoms with Gasteiger partial charge in [-0.15, -0.1) is 0 Å². The summed E-state index contributed by atoms with van der Waals surface area (Å²) < 4.78 is 66.1. The number of pyridine rings is 1. The largest absolute Gasteiger partial charge is 0.439 e. The highest BCUT2D eigenvalue weighted by Gasteiger charge is 2.36. The molecule has 0 aliphatic carbocycles. The Morgan fingerprint density at radius 2 is 1.89 bits per heavy atom. The molecule has 0 saturated heterocycles.